The molecular formula is C24H31N5O3. The average molecular weight is 438 g/mol. The van der Waals surface area contributed by atoms with Gasteiger partial charge < -0.3 is 25.2 Å². The second-order valence-electron chi connectivity index (χ2n) is 8.35. The van der Waals surface area contributed by atoms with Gasteiger partial charge in [-0.2, -0.15) is 0 Å². The molecule has 4 rings (SSSR count). The van der Waals surface area contributed by atoms with Crippen molar-refractivity contribution in [2.75, 3.05) is 36.3 Å². The number of nitrogens with one attached hydrogen (secondary N) is 2. The standard InChI is InChI=1S/C24H31N5O3/c1-5-18-24(31)28(3)19-11-10-16(13-20(19)29(18)17-8-6-7-9-17)27-22-21(32-4)12-15(14-26-22)23(30)25-2/h10-14,17-18H,5-9H2,1-4H3,(H,25,30)(H,26,27)/t18-/m1/s1. The highest BCUT2D eigenvalue weighted by atomic mass is 16.5. The number of ether oxygens (including phenoxy) is 1. The molecule has 0 spiro atoms. The van der Waals surface area contributed by atoms with E-state index in [1.807, 2.05) is 19.2 Å². The third-order valence-corrected chi connectivity index (χ3v) is 6.50. The summed E-state index contributed by atoms with van der Waals surface area (Å²) >= 11 is 0. The molecular weight excluding hydrogens is 406 g/mol. The van der Waals surface area contributed by atoms with Crippen molar-refractivity contribution in [3.63, 3.8) is 0 Å². The minimum absolute atomic E-state index is 0.148. The summed E-state index contributed by atoms with van der Waals surface area (Å²) in [6.45, 7) is 2.08. The summed E-state index contributed by atoms with van der Waals surface area (Å²) < 4.78 is 5.47. The fourth-order valence-corrected chi connectivity index (χ4v) is 4.82. The zero-order chi connectivity index (χ0) is 22.8. The summed E-state index contributed by atoms with van der Waals surface area (Å²) in [5.74, 6) is 0.942. The van der Waals surface area contributed by atoms with Crippen molar-refractivity contribution in [2.24, 2.45) is 0 Å². The van der Waals surface area contributed by atoms with Crippen LogP contribution in [0.3, 0.4) is 0 Å². The Balaban J connectivity index is 1.70. The van der Waals surface area contributed by atoms with Crippen LogP contribution in [0.5, 0.6) is 5.75 Å². The summed E-state index contributed by atoms with van der Waals surface area (Å²) in [4.78, 5) is 33.5. The third-order valence-electron chi connectivity index (χ3n) is 6.50. The number of carbonyl (C=O) groups is 2. The van der Waals surface area contributed by atoms with Crippen molar-refractivity contribution in [1.29, 1.82) is 0 Å². The zero-order valence-electron chi connectivity index (χ0n) is 19.1. The SMILES string of the molecule is CC[C@@H]1C(=O)N(C)c2ccc(Nc3ncc(C(=O)NC)cc3OC)cc2N1C1CCCC1. The van der Waals surface area contributed by atoms with Crippen LogP contribution in [0.25, 0.3) is 0 Å². The minimum Gasteiger partial charge on any atom is -0.493 e. The summed E-state index contributed by atoms with van der Waals surface area (Å²) in [6, 6.07) is 7.91. The van der Waals surface area contributed by atoms with Crippen molar-refractivity contribution >= 4 is 34.7 Å². The van der Waals surface area contributed by atoms with Crippen LogP contribution in [-0.2, 0) is 4.79 Å². The van der Waals surface area contributed by atoms with E-state index in [1.165, 1.54) is 19.0 Å². The molecule has 0 saturated heterocycles. The smallest absolute Gasteiger partial charge is 0.252 e. The average Bonchev–Trinajstić information content (AvgIpc) is 3.35. The van der Waals surface area contributed by atoms with E-state index in [-0.39, 0.29) is 17.9 Å². The monoisotopic (exact) mass is 437 g/mol. The molecule has 170 valence electrons. The van der Waals surface area contributed by atoms with Crippen LogP contribution in [0.4, 0.5) is 22.9 Å². The second-order valence-corrected chi connectivity index (χ2v) is 8.35. The van der Waals surface area contributed by atoms with Crippen molar-refractivity contribution in [2.45, 2.75) is 51.1 Å². The first-order valence-corrected chi connectivity index (χ1v) is 11.2. The normalized spacial score (nSPS) is 18.5. The van der Waals surface area contributed by atoms with Crippen molar-refractivity contribution in [1.82, 2.24) is 10.3 Å². The summed E-state index contributed by atoms with van der Waals surface area (Å²) in [5, 5.41) is 5.92. The maximum Gasteiger partial charge on any atom is 0.252 e. The number of fused-ring (bicyclic) bond motifs is 1. The van der Waals surface area contributed by atoms with E-state index in [0.29, 0.717) is 23.2 Å². The van der Waals surface area contributed by atoms with Crippen molar-refractivity contribution in [3.8, 4) is 5.75 Å². The highest BCUT2D eigenvalue weighted by Crippen LogP contribution is 2.43. The lowest BCUT2D eigenvalue weighted by atomic mass is 10.00. The number of pyridine rings is 1. The van der Waals surface area contributed by atoms with E-state index >= 15 is 0 Å². The number of hydrogen-bond acceptors (Lipinski definition) is 6. The Bertz CT molecular complexity index is 1020. The highest BCUT2D eigenvalue weighted by Gasteiger charge is 2.39. The molecule has 1 saturated carbocycles. The Labute approximate surface area is 188 Å². The molecule has 1 atom stereocenters. The molecule has 1 aliphatic heterocycles. The molecule has 1 aromatic carbocycles. The molecule has 2 aliphatic rings. The maximum absolute atomic E-state index is 13.1. The third kappa shape index (κ3) is 3.85. The van der Waals surface area contributed by atoms with E-state index in [0.717, 1.165) is 36.3 Å². The van der Waals surface area contributed by atoms with Gasteiger partial charge in [0.2, 0.25) is 5.91 Å². The van der Waals surface area contributed by atoms with Crippen LogP contribution < -0.4 is 25.2 Å². The van der Waals surface area contributed by atoms with Gasteiger partial charge in [-0.25, -0.2) is 4.98 Å². The van der Waals surface area contributed by atoms with Gasteiger partial charge in [-0.05, 0) is 43.5 Å². The first kappa shape index (κ1) is 21.9. The van der Waals surface area contributed by atoms with Gasteiger partial charge in [0.1, 0.15) is 6.04 Å². The van der Waals surface area contributed by atoms with Crippen molar-refractivity contribution < 1.29 is 14.3 Å². The second kappa shape index (κ2) is 9.06. The number of amides is 2. The van der Waals surface area contributed by atoms with Gasteiger partial charge in [-0.3, -0.25) is 9.59 Å². The van der Waals surface area contributed by atoms with E-state index in [4.69, 9.17) is 4.74 Å². The number of aromatic nitrogens is 1. The lowest BCUT2D eigenvalue weighted by molar-refractivity contribution is -0.120. The van der Waals surface area contributed by atoms with Gasteiger partial charge in [-0.15, -0.1) is 0 Å². The molecule has 0 bridgehead atoms. The molecule has 2 aromatic rings. The fraction of sp³-hybridized carbons (Fsp3) is 0.458. The van der Waals surface area contributed by atoms with Gasteiger partial charge in [0.15, 0.2) is 11.6 Å². The van der Waals surface area contributed by atoms with Gasteiger partial charge in [0.05, 0.1) is 24.0 Å². The fourth-order valence-electron chi connectivity index (χ4n) is 4.82. The number of carbonyl (C=O) groups excluding carboxylic acids is 2. The van der Waals surface area contributed by atoms with E-state index in [2.05, 4.69) is 33.5 Å². The van der Waals surface area contributed by atoms with Gasteiger partial charge in [0.25, 0.3) is 5.91 Å². The Morgan fingerprint density at radius 3 is 2.62 bits per heavy atom. The van der Waals surface area contributed by atoms with Crippen LogP contribution in [0, 0.1) is 0 Å². The predicted molar refractivity (Wildman–Crippen MR) is 126 cm³/mol. The molecule has 8 nitrogen and oxygen atoms in total. The number of benzene rings is 1. The number of nitrogens with zero attached hydrogens (tertiary/aromatic N) is 3. The lowest BCUT2D eigenvalue weighted by Crippen LogP contribution is -2.55. The number of anilines is 4. The van der Waals surface area contributed by atoms with E-state index in [9.17, 15) is 9.59 Å². The number of hydrogen-bond donors (Lipinski definition) is 2. The van der Waals surface area contributed by atoms with Crippen LogP contribution >= 0.6 is 0 Å². The van der Waals surface area contributed by atoms with Crippen LogP contribution in [-0.4, -0.2) is 50.1 Å². The molecule has 0 radical (unpaired) electrons. The molecule has 1 aromatic heterocycles. The summed E-state index contributed by atoms with van der Waals surface area (Å²) in [5.41, 5.74) is 3.27. The van der Waals surface area contributed by atoms with Crippen LogP contribution in [0.1, 0.15) is 49.4 Å². The zero-order valence-corrected chi connectivity index (χ0v) is 19.1. The Morgan fingerprint density at radius 1 is 1.22 bits per heavy atom. The van der Waals surface area contributed by atoms with Gasteiger partial charge in [0, 0.05) is 32.0 Å². The summed E-state index contributed by atoms with van der Waals surface area (Å²) in [7, 11) is 4.98. The van der Waals surface area contributed by atoms with E-state index < -0.39 is 0 Å². The van der Waals surface area contributed by atoms with Crippen molar-refractivity contribution in [3.05, 3.63) is 36.0 Å². The highest BCUT2D eigenvalue weighted by molar-refractivity contribution is 6.05. The Morgan fingerprint density at radius 2 is 1.97 bits per heavy atom. The van der Waals surface area contributed by atoms with E-state index in [1.54, 1.807) is 25.1 Å². The molecule has 1 fully saturated rings. The molecule has 32 heavy (non-hydrogen) atoms. The van der Waals surface area contributed by atoms with Crippen LogP contribution in [0.2, 0.25) is 0 Å². The quantitative estimate of drug-likeness (QED) is 0.717. The molecule has 1 aliphatic carbocycles. The lowest BCUT2D eigenvalue weighted by Gasteiger charge is -2.45. The molecule has 2 N–H and O–H groups in total. The van der Waals surface area contributed by atoms with Crippen LogP contribution in [0.15, 0.2) is 30.5 Å². The number of likely N-dealkylation sites (N-methyl/N-ethyl adjacent to an activating group) is 1. The first-order chi connectivity index (χ1) is 15.5. The Kier molecular flexibility index (Phi) is 6.21. The molecule has 2 heterocycles. The molecule has 0 unspecified atom stereocenters. The van der Waals surface area contributed by atoms with Gasteiger partial charge in [-0.1, -0.05) is 19.8 Å². The first-order valence-electron chi connectivity index (χ1n) is 11.2. The Hall–Kier alpha value is -3.29. The molecule has 2 amide bonds. The predicted octanol–water partition coefficient (Wildman–Crippen LogP) is 3.70. The molecule has 8 heteroatoms. The largest absolute Gasteiger partial charge is 0.493 e. The number of methoxy groups -OCH3 is 1. The topological polar surface area (TPSA) is 86.8 Å². The minimum atomic E-state index is -0.221. The summed E-state index contributed by atoms with van der Waals surface area (Å²) in [6.07, 6.45) is 6.92. The maximum atomic E-state index is 13.1. The van der Waals surface area contributed by atoms with Gasteiger partial charge >= 0.3 is 0 Å². The number of rotatable bonds is 6.